The van der Waals surface area contributed by atoms with Crippen molar-refractivity contribution in [2.24, 2.45) is 0 Å². The second-order valence-corrected chi connectivity index (χ2v) is 9.25. The number of hydrogen-bond donors (Lipinski definition) is 0. The lowest BCUT2D eigenvalue weighted by Crippen LogP contribution is -2.30. The highest BCUT2D eigenvalue weighted by molar-refractivity contribution is 6.42. The topological polar surface area (TPSA) is 72.1 Å². The van der Waals surface area contributed by atoms with Crippen LogP contribution in [0.1, 0.15) is 56.6 Å². The summed E-state index contributed by atoms with van der Waals surface area (Å²) >= 11 is 12.2. The van der Waals surface area contributed by atoms with Crippen molar-refractivity contribution in [3.8, 4) is 0 Å². The number of aryl methyl sites for hydroxylation is 1. The summed E-state index contributed by atoms with van der Waals surface area (Å²) in [5.41, 5.74) is 1.56. The zero-order valence-corrected chi connectivity index (χ0v) is 19.5. The van der Waals surface area contributed by atoms with Gasteiger partial charge in [0.05, 0.1) is 22.3 Å². The van der Waals surface area contributed by atoms with Crippen molar-refractivity contribution in [3.05, 3.63) is 75.6 Å². The Labute approximate surface area is 192 Å². The van der Waals surface area contributed by atoms with E-state index in [9.17, 15) is 4.79 Å². The molecule has 164 valence electrons. The molecular formula is C23H26Cl2N4O2. The predicted octanol–water partition coefficient (Wildman–Crippen LogP) is 5.62. The van der Waals surface area contributed by atoms with Crippen molar-refractivity contribution in [1.29, 1.82) is 0 Å². The van der Waals surface area contributed by atoms with Crippen molar-refractivity contribution in [2.75, 3.05) is 0 Å². The third-order valence-electron chi connectivity index (χ3n) is 4.71. The number of carbonyl (C=O) groups is 1. The molecule has 6 nitrogen and oxygen atoms in total. The average Bonchev–Trinajstić information content (AvgIpc) is 3.20. The highest BCUT2D eigenvalue weighted by Crippen LogP contribution is 2.24. The van der Waals surface area contributed by atoms with Crippen LogP contribution < -0.4 is 0 Å². The number of hydrogen-bond acceptors (Lipinski definition) is 5. The molecule has 8 heteroatoms. The van der Waals surface area contributed by atoms with E-state index in [1.807, 2.05) is 45.0 Å². The second-order valence-electron chi connectivity index (χ2n) is 8.43. The smallest absolute Gasteiger partial charge is 0.226 e. The van der Waals surface area contributed by atoms with E-state index in [1.165, 1.54) is 0 Å². The van der Waals surface area contributed by atoms with E-state index in [0.29, 0.717) is 54.1 Å². The highest BCUT2D eigenvalue weighted by Gasteiger charge is 2.21. The van der Waals surface area contributed by atoms with Gasteiger partial charge in [-0.3, -0.25) is 9.78 Å². The summed E-state index contributed by atoms with van der Waals surface area (Å²) < 4.78 is 5.33. The average molecular weight is 461 g/mol. The molecule has 0 saturated carbocycles. The van der Waals surface area contributed by atoms with Gasteiger partial charge in [-0.05, 0) is 36.2 Å². The quantitative estimate of drug-likeness (QED) is 0.435. The van der Waals surface area contributed by atoms with Gasteiger partial charge in [0.1, 0.15) is 0 Å². The number of pyridine rings is 1. The summed E-state index contributed by atoms with van der Waals surface area (Å²) in [6, 6.07) is 11.1. The van der Waals surface area contributed by atoms with Crippen molar-refractivity contribution < 1.29 is 9.32 Å². The van der Waals surface area contributed by atoms with Crippen molar-refractivity contribution >= 4 is 29.1 Å². The molecule has 2 heterocycles. The van der Waals surface area contributed by atoms with Crippen LogP contribution in [-0.4, -0.2) is 25.9 Å². The fourth-order valence-corrected chi connectivity index (χ4v) is 3.31. The van der Waals surface area contributed by atoms with Crippen LogP contribution in [0.15, 0.2) is 47.1 Å². The summed E-state index contributed by atoms with van der Waals surface area (Å²) in [6.45, 7) is 6.92. The Morgan fingerprint density at radius 2 is 1.90 bits per heavy atom. The van der Waals surface area contributed by atoms with E-state index < -0.39 is 0 Å². The van der Waals surface area contributed by atoms with E-state index in [1.54, 1.807) is 23.2 Å². The lowest BCUT2D eigenvalue weighted by molar-refractivity contribution is -0.132. The molecule has 31 heavy (non-hydrogen) atoms. The van der Waals surface area contributed by atoms with Gasteiger partial charge in [-0.15, -0.1) is 0 Å². The Kier molecular flexibility index (Phi) is 7.68. The Bertz CT molecular complexity index is 1020. The van der Waals surface area contributed by atoms with Gasteiger partial charge in [-0.1, -0.05) is 61.3 Å². The van der Waals surface area contributed by atoms with E-state index in [2.05, 4.69) is 15.1 Å². The molecule has 0 bridgehead atoms. The van der Waals surface area contributed by atoms with Crippen LogP contribution in [0, 0.1) is 0 Å². The first-order valence-electron chi connectivity index (χ1n) is 10.2. The summed E-state index contributed by atoms with van der Waals surface area (Å²) in [6.07, 6.45) is 3.25. The summed E-state index contributed by atoms with van der Waals surface area (Å²) in [7, 11) is 0. The van der Waals surface area contributed by atoms with Gasteiger partial charge >= 0.3 is 0 Å². The van der Waals surface area contributed by atoms with E-state index >= 15 is 0 Å². The fraction of sp³-hybridized carbons (Fsp3) is 0.391. The minimum atomic E-state index is -0.170. The van der Waals surface area contributed by atoms with Gasteiger partial charge in [0.2, 0.25) is 11.8 Å². The van der Waals surface area contributed by atoms with Gasteiger partial charge in [-0.25, -0.2) is 0 Å². The standard InChI is InChI=1S/C23H26Cl2N4O2/c1-23(2,3)22-27-20(31-28-22)8-6-9-21(30)29(15-17-7-4-5-12-26-17)14-16-10-11-18(24)19(25)13-16/h4-5,7,10-13H,6,8-9,14-15H2,1-3H3. The zero-order valence-electron chi connectivity index (χ0n) is 17.9. The molecular weight excluding hydrogens is 435 g/mol. The molecule has 0 aliphatic rings. The molecule has 3 aromatic rings. The van der Waals surface area contributed by atoms with Gasteiger partial charge in [0, 0.05) is 31.0 Å². The number of carbonyl (C=O) groups excluding carboxylic acids is 1. The Morgan fingerprint density at radius 3 is 2.55 bits per heavy atom. The molecule has 2 aromatic heterocycles. The third-order valence-corrected chi connectivity index (χ3v) is 5.45. The van der Waals surface area contributed by atoms with E-state index in [-0.39, 0.29) is 11.3 Å². The van der Waals surface area contributed by atoms with Gasteiger partial charge < -0.3 is 9.42 Å². The molecule has 0 atom stereocenters. The lowest BCUT2D eigenvalue weighted by Gasteiger charge is -2.23. The summed E-state index contributed by atoms with van der Waals surface area (Å²) in [5.74, 6) is 1.25. The molecule has 1 aromatic carbocycles. The van der Waals surface area contributed by atoms with Crippen LogP contribution in [0.2, 0.25) is 10.0 Å². The molecule has 0 fully saturated rings. The predicted molar refractivity (Wildman–Crippen MR) is 121 cm³/mol. The number of rotatable bonds is 8. The summed E-state index contributed by atoms with van der Waals surface area (Å²) in [4.78, 5) is 23.6. The van der Waals surface area contributed by atoms with Crippen LogP contribution in [0.5, 0.6) is 0 Å². The van der Waals surface area contributed by atoms with Gasteiger partial charge in [-0.2, -0.15) is 4.98 Å². The number of nitrogens with zero attached hydrogens (tertiary/aromatic N) is 4. The van der Waals surface area contributed by atoms with Crippen molar-refractivity contribution in [2.45, 2.75) is 58.5 Å². The first kappa shape index (κ1) is 23.2. The maximum Gasteiger partial charge on any atom is 0.226 e. The van der Waals surface area contributed by atoms with E-state index in [0.717, 1.165) is 11.3 Å². The number of benzene rings is 1. The van der Waals surface area contributed by atoms with Gasteiger partial charge in [0.25, 0.3) is 0 Å². The minimum absolute atomic E-state index is 0.0206. The molecule has 0 unspecified atom stereocenters. The number of amides is 1. The second kappa shape index (κ2) is 10.2. The number of halogens is 2. The molecule has 0 N–H and O–H groups in total. The normalized spacial score (nSPS) is 11.5. The molecule has 0 saturated heterocycles. The molecule has 0 radical (unpaired) electrons. The van der Waals surface area contributed by atoms with Gasteiger partial charge in [0.15, 0.2) is 5.82 Å². The van der Waals surface area contributed by atoms with Crippen molar-refractivity contribution in [1.82, 2.24) is 20.0 Å². The molecule has 1 amide bonds. The zero-order chi connectivity index (χ0) is 22.4. The molecule has 3 rings (SSSR count). The van der Waals surface area contributed by atoms with E-state index in [4.69, 9.17) is 27.7 Å². The van der Waals surface area contributed by atoms with Crippen LogP contribution >= 0.6 is 23.2 Å². The first-order valence-corrected chi connectivity index (χ1v) is 10.9. The maximum absolute atomic E-state index is 13.0. The molecule has 0 aliphatic carbocycles. The SMILES string of the molecule is CC(C)(C)c1noc(CCCC(=O)N(Cc2ccc(Cl)c(Cl)c2)Cc2ccccn2)n1. The fourth-order valence-electron chi connectivity index (χ4n) is 2.99. The van der Waals surface area contributed by atoms with Crippen molar-refractivity contribution in [3.63, 3.8) is 0 Å². The number of aromatic nitrogens is 3. The van der Waals surface area contributed by atoms with Crippen LogP contribution in [0.3, 0.4) is 0 Å². The Balaban J connectivity index is 1.65. The monoisotopic (exact) mass is 460 g/mol. The molecule has 0 aliphatic heterocycles. The Morgan fingerprint density at radius 1 is 1.10 bits per heavy atom. The summed E-state index contributed by atoms with van der Waals surface area (Å²) in [5, 5.41) is 4.99. The largest absolute Gasteiger partial charge is 0.339 e. The Hall–Kier alpha value is -2.44. The first-order chi connectivity index (χ1) is 14.7. The molecule has 0 spiro atoms. The van der Waals surface area contributed by atoms with Crippen LogP contribution in [-0.2, 0) is 29.7 Å². The van der Waals surface area contributed by atoms with Crippen LogP contribution in [0.4, 0.5) is 0 Å². The lowest BCUT2D eigenvalue weighted by atomic mass is 9.96. The maximum atomic E-state index is 13.0. The van der Waals surface area contributed by atoms with Crippen LogP contribution in [0.25, 0.3) is 0 Å². The third kappa shape index (κ3) is 6.77. The highest BCUT2D eigenvalue weighted by atomic mass is 35.5. The minimum Gasteiger partial charge on any atom is -0.339 e.